The monoisotopic (exact) mass is 193 g/mol. The Bertz CT molecular complexity index is 221. The van der Waals surface area contributed by atoms with Gasteiger partial charge in [0.25, 0.3) is 0 Å². The molecule has 2 rings (SSSR count). The maximum Gasteiger partial charge on any atom is 0.0259 e. The maximum atomic E-state index is 2.59. The van der Waals surface area contributed by atoms with Crippen molar-refractivity contribution in [2.75, 3.05) is 0 Å². The quantitative estimate of drug-likeness (QED) is 0.615. The van der Waals surface area contributed by atoms with Crippen molar-refractivity contribution < 1.29 is 0 Å². The summed E-state index contributed by atoms with van der Waals surface area (Å²) in [6.07, 6.45) is 9.39. The lowest BCUT2D eigenvalue weighted by Crippen LogP contribution is -2.27. The summed E-state index contributed by atoms with van der Waals surface area (Å²) in [5.74, 6) is 0.843. The Kier molecular flexibility index (Phi) is 2.85. The molecule has 0 radical (unpaired) electrons. The number of nitrogens with zero attached hydrogens (tertiary/aromatic N) is 1. The van der Waals surface area contributed by atoms with Crippen molar-refractivity contribution in [2.45, 2.75) is 65.0 Å². The van der Waals surface area contributed by atoms with Crippen LogP contribution < -0.4 is 0 Å². The Morgan fingerprint density at radius 2 is 1.71 bits per heavy atom. The lowest BCUT2D eigenvalue weighted by atomic mass is 10.1. The van der Waals surface area contributed by atoms with Gasteiger partial charge in [-0.3, -0.25) is 0 Å². The van der Waals surface area contributed by atoms with Gasteiger partial charge in [0.05, 0.1) is 0 Å². The van der Waals surface area contributed by atoms with Crippen molar-refractivity contribution in [2.24, 2.45) is 5.92 Å². The lowest BCUT2D eigenvalue weighted by Gasteiger charge is -2.26. The fourth-order valence-electron chi connectivity index (χ4n) is 2.90. The highest BCUT2D eigenvalue weighted by molar-refractivity contribution is 5.11. The van der Waals surface area contributed by atoms with Gasteiger partial charge in [0, 0.05) is 12.1 Å². The van der Waals surface area contributed by atoms with Gasteiger partial charge in [0.15, 0.2) is 0 Å². The van der Waals surface area contributed by atoms with E-state index in [-0.39, 0.29) is 0 Å². The van der Waals surface area contributed by atoms with Crippen molar-refractivity contribution in [3.63, 3.8) is 0 Å². The molecule has 1 heterocycles. The highest BCUT2D eigenvalue weighted by Crippen LogP contribution is 2.33. The van der Waals surface area contributed by atoms with Gasteiger partial charge in [-0.25, -0.2) is 0 Å². The highest BCUT2D eigenvalue weighted by Gasteiger charge is 2.26. The Balaban J connectivity index is 2.07. The molecule has 1 aliphatic carbocycles. The van der Waals surface area contributed by atoms with Gasteiger partial charge in [-0.05, 0) is 58.1 Å². The summed E-state index contributed by atoms with van der Waals surface area (Å²) in [4.78, 5) is 2.59. The first-order valence-corrected chi connectivity index (χ1v) is 6.16. The summed E-state index contributed by atoms with van der Waals surface area (Å²) in [6, 6.07) is 1.54. The van der Waals surface area contributed by atoms with Crippen LogP contribution in [0.15, 0.2) is 11.8 Å². The molecule has 0 amide bonds. The average Bonchev–Trinajstić information content (AvgIpc) is 2.67. The molecule has 0 aromatic carbocycles. The summed E-state index contributed by atoms with van der Waals surface area (Å²) >= 11 is 0. The predicted octanol–water partition coefficient (Wildman–Crippen LogP) is 3.56. The lowest BCUT2D eigenvalue weighted by molar-refractivity contribution is 0.301. The summed E-state index contributed by atoms with van der Waals surface area (Å²) in [7, 11) is 0. The second-order valence-corrected chi connectivity index (χ2v) is 5.22. The first kappa shape index (κ1) is 10.1. The fraction of sp³-hybridized carbons (Fsp3) is 0.846. The van der Waals surface area contributed by atoms with Crippen LogP contribution >= 0.6 is 0 Å². The minimum Gasteiger partial charge on any atom is -0.372 e. The van der Waals surface area contributed by atoms with E-state index in [0.29, 0.717) is 0 Å². The zero-order valence-electron chi connectivity index (χ0n) is 9.79. The van der Waals surface area contributed by atoms with Gasteiger partial charge in [0.1, 0.15) is 0 Å². The molecule has 0 aromatic heterocycles. The minimum atomic E-state index is 0.769. The largest absolute Gasteiger partial charge is 0.372 e. The van der Waals surface area contributed by atoms with Gasteiger partial charge in [-0.15, -0.1) is 0 Å². The Morgan fingerprint density at radius 1 is 1.07 bits per heavy atom. The van der Waals surface area contributed by atoms with Crippen LogP contribution in [0.5, 0.6) is 0 Å². The molecule has 2 aliphatic rings. The molecular weight excluding hydrogens is 170 g/mol. The SMILES string of the molecule is CC1CCCC1=CN1C(C)CCC1C. The van der Waals surface area contributed by atoms with E-state index in [2.05, 4.69) is 31.9 Å². The molecule has 0 bridgehead atoms. The predicted molar refractivity (Wildman–Crippen MR) is 61.1 cm³/mol. The molecule has 0 spiro atoms. The third kappa shape index (κ3) is 1.82. The average molecular weight is 193 g/mol. The van der Waals surface area contributed by atoms with Crippen LogP contribution in [0.2, 0.25) is 0 Å². The number of hydrogen-bond donors (Lipinski definition) is 0. The van der Waals surface area contributed by atoms with Crippen molar-refractivity contribution in [3.8, 4) is 0 Å². The van der Waals surface area contributed by atoms with E-state index in [1.807, 2.05) is 0 Å². The van der Waals surface area contributed by atoms with E-state index in [1.165, 1.54) is 32.1 Å². The highest BCUT2D eigenvalue weighted by atomic mass is 15.2. The standard InChI is InChI=1S/C13H23N/c1-10-5-4-6-13(10)9-14-11(2)7-8-12(14)3/h9-12H,4-8H2,1-3H3. The smallest absolute Gasteiger partial charge is 0.0259 e. The van der Waals surface area contributed by atoms with Crippen LogP contribution in [0.25, 0.3) is 0 Å². The zero-order chi connectivity index (χ0) is 10.1. The van der Waals surface area contributed by atoms with Gasteiger partial charge < -0.3 is 4.90 Å². The zero-order valence-corrected chi connectivity index (χ0v) is 9.79. The van der Waals surface area contributed by atoms with Crippen LogP contribution in [0, 0.1) is 5.92 Å². The number of allylic oxidation sites excluding steroid dienone is 1. The first-order valence-electron chi connectivity index (χ1n) is 6.16. The van der Waals surface area contributed by atoms with Crippen molar-refractivity contribution >= 4 is 0 Å². The van der Waals surface area contributed by atoms with Gasteiger partial charge >= 0.3 is 0 Å². The molecule has 1 heteroatoms. The second-order valence-electron chi connectivity index (χ2n) is 5.22. The van der Waals surface area contributed by atoms with E-state index < -0.39 is 0 Å². The number of hydrogen-bond acceptors (Lipinski definition) is 1. The third-order valence-electron chi connectivity index (χ3n) is 4.07. The van der Waals surface area contributed by atoms with Crippen LogP contribution in [0.3, 0.4) is 0 Å². The second kappa shape index (κ2) is 3.96. The molecule has 1 saturated heterocycles. The van der Waals surface area contributed by atoms with Crippen molar-refractivity contribution in [1.82, 2.24) is 4.90 Å². The molecule has 1 nitrogen and oxygen atoms in total. The van der Waals surface area contributed by atoms with Crippen LogP contribution in [-0.4, -0.2) is 17.0 Å². The molecule has 0 aromatic rings. The molecule has 2 fully saturated rings. The Morgan fingerprint density at radius 3 is 2.21 bits per heavy atom. The summed E-state index contributed by atoms with van der Waals surface area (Å²) in [5.41, 5.74) is 1.70. The fourth-order valence-corrected chi connectivity index (χ4v) is 2.90. The Labute approximate surface area is 88.2 Å². The molecule has 80 valence electrons. The summed E-state index contributed by atoms with van der Waals surface area (Å²) < 4.78 is 0. The maximum absolute atomic E-state index is 2.59. The molecule has 1 aliphatic heterocycles. The van der Waals surface area contributed by atoms with E-state index in [1.54, 1.807) is 5.57 Å². The van der Waals surface area contributed by atoms with Gasteiger partial charge in [0.2, 0.25) is 0 Å². The summed E-state index contributed by atoms with van der Waals surface area (Å²) in [6.45, 7) is 7.10. The van der Waals surface area contributed by atoms with Crippen molar-refractivity contribution in [3.05, 3.63) is 11.8 Å². The number of likely N-dealkylation sites (tertiary alicyclic amines) is 1. The molecule has 1 saturated carbocycles. The van der Waals surface area contributed by atoms with Gasteiger partial charge in [-0.2, -0.15) is 0 Å². The minimum absolute atomic E-state index is 0.769. The van der Waals surface area contributed by atoms with E-state index in [9.17, 15) is 0 Å². The molecule has 14 heavy (non-hydrogen) atoms. The summed E-state index contributed by atoms with van der Waals surface area (Å²) in [5, 5.41) is 0. The van der Waals surface area contributed by atoms with Gasteiger partial charge in [-0.1, -0.05) is 12.5 Å². The third-order valence-corrected chi connectivity index (χ3v) is 4.07. The van der Waals surface area contributed by atoms with E-state index in [0.717, 1.165) is 18.0 Å². The molecule has 3 atom stereocenters. The van der Waals surface area contributed by atoms with Crippen LogP contribution in [-0.2, 0) is 0 Å². The van der Waals surface area contributed by atoms with E-state index in [4.69, 9.17) is 0 Å². The van der Waals surface area contributed by atoms with Crippen LogP contribution in [0.4, 0.5) is 0 Å². The normalized spacial score (nSPS) is 41.2. The first-order chi connectivity index (χ1) is 6.68. The van der Waals surface area contributed by atoms with E-state index >= 15 is 0 Å². The molecule has 3 unspecified atom stereocenters. The molecular formula is C13H23N. The molecule has 0 N–H and O–H groups in total. The number of rotatable bonds is 1. The Hall–Kier alpha value is -0.460. The van der Waals surface area contributed by atoms with Crippen LogP contribution in [0.1, 0.15) is 52.9 Å². The topological polar surface area (TPSA) is 3.24 Å². The van der Waals surface area contributed by atoms with Crippen molar-refractivity contribution in [1.29, 1.82) is 0 Å².